The summed E-state index contributed by atoms with van der Waals surface area (Å²) in [5, 5.41) is 1.77. The van der Waals surface area contributed by atoms with Crippen LogP contribution in [0.3, 0.4) is 0 Å². The van der Waals surface area contributed by atoms with Gasteiger partial charge in [-0.3, -0.25) is 0 Å². The van der Waals surface area contributed by atoms with Crippen LogP contribution >= 0.6 is 35.0 Å². The van der Waals surface area contributed by atoms with Crippen molar-refractivity contribution >= 4 is 45.9 Å². The molecule has 0 unspecified atom stereocenters. The summed E-state index contributed by atoms with van der Waals surface area (Å²) in [5.41, 5.74) is 1.64. The summed E-state index contributed by atoms with van der Waals surface area (Å²) in [7, 11) is 0. The second-order valence-electron chi connectivity index (χ2n) is 4.17. The highest BCUT2D eigenvalue weighted by Gasteiger charge is 2.12. The number of rotatable bonds is 2. The Morgan fingerprint density at radius 2 is 1.75 bits per heavy atom. The SMILES string of the molecule is CSc1ccccc1-c1nc(Cl)c2cccc(Cl)c2n1. The van der Waals surface area contributed by atoms with Gasteiger partial charge in [-0.05, 0) is 24.5 Å². The summed E-state index contributed by atoms with van der Waals surface area (Å²) < 4.78 is 0. The topological polar surface area (TPSA) is 25.8 Å². The molecule has 0 aliphatic carbocycles. The van der Waals surface area contributed by atoms with E-state index in [0.29, 0.717) is 21.5 Å². The molecule has 1 aromatic heterocycles. The summed E-state index contributed by atoms with van der Waals surface area (Å²) in [6, 6.07) is 13.5. The molecular formula is C15H10Cl2N2S. The van der Waals surface area contributed by atoms with E-state index in [-0.39, 0.29) is 0 Å². The van der Waals surface area contributed by atoms with Gasteiger partial charge in [0, 0.05) is 15.8 Å². The van der Waals surface area contributed by atoms with E-state index in [4.69, 9.17) is 23.2 Å². The van der Waals surface area contributed by atoms with Gasteiger partial charge in [0.1, 0.15) is 5.15 Å². The first kappa shape index (κ1) is 13.7. The Hall–Kier alpha value is -1.29. The van der Waals surface area contributed by atoms with Crippen LogP contribution in [0.25, 0.3) is 22.3 Å². The predicted molar refractivity (Wildman–Crippen MR) is 86.8 cm³/mol. The highest BCUT2D eigenvalue weighted by molar-refractivity contribution is 7.98. The first-order valence-electron chi connectivity index (χ1n) is 5.96. The minimum atomic E-state index is 0.420. The zero-order chi connectivity index (χ0) is 14.1. The van der Waals surface area contributed by atoms with Crippen LogP contribution in [0, 0.1) is 0 Å². The van der Waals surface area contributed by atoms with E-state index in [1.54, 1.807) is 17.8 Å². The van der Waals surface area contributed by atoms with Crippen molar-refractivity contribution in [2.75, 3.05) is 6.26 Å². The maximum atomic E-state index is 6.26. The molecular weight excluding hydrogens is 311 g/mol. The third-order valence-electron chi connectivity index (χ3n) is 2.98. The van der Waals surface area contributed by atoms with E-state index in [1.807, 2.05) is 42.7 Å². The lowest BCUT2D eigenvalue weighted by Gasteiger charge is -2.08. The van der Waals surface area contributed by atoms with Crippen molar-refractivity contribution in [1.82, 2.24) is 9.97 Å². The molecule has 0 spiro atoms. The van der Waals surface area contributed by atoms with E-state index in [2.05, 4.69) is 9.97 Å². The monoisotopic (exact) mass is 320 g/mol. The van der Waals surface area contributed by atoms with Crippen molar-refractivity contribution in [1.29, 1.82) is 0 Å². The normalized spacial score (nSPS) is 10.9. The summed E-state index contributed by atoms with van der Waals surface area (Å²) in [6.07, 6.45) is 2.02. The van der Waals surface area contributed by atoms with Gasteiger partial charge in [0.05, 0.1) is 10.5 Å². The quantitative estimate of drug-likeness (QED) is 0.471. The third-order valence-corrected chi connectivity index (χ3v) is 4.37. The number of fused-ring (bicyclic) bond motifs is 1. The number of thioether (sulfide) groups is 1. The highest BCUT2D eigenvalue weighted by atomic mass is 35.5. The van der Waals surface area contributed by atoms with E-state index in [0.717, 1.165) is 15.8 Å². The minimum Gasteiger partial charge on any atom is -0.226 e. The van der Waals surface area contributed by atoms with Crippen LogP contribution in [-0.4, -0.2) is 16.2 Å². The molecule has 2 aromatic carbocycles. The van der Waals surface area contributed by atoms with Gasteiger partial charge in [0.2, 0.25) is 0 Å². The lowest BCUT2D eigenvalue weighted by Crippen LogP contribution is -1.93. The molecule has 2 nitrogen and oxygen atoms in total. The molecule has 3 aromatic rings. The second kappa shape index (κ2) is 5.60. The molecule has 0 N–H and O–H groups in total. The molecule has 0 radical (unpaired) electrons. The number of benzene rings is 2. The van der Waals surface area contributed by atoms with Crippen LogP contribution in [0.2, 0.25) is 10.2 Å². The van der Waals surface area contributed by atoms with Crippen molar-refractivity contribution in [2.24, 2.45) is 0 Å². The molecule has 0 bridgehead atoms. The highest BCUT2D eigenvalue weighted by Crippen LogP contribution is 2.32. The van der Waals surface area contributed by atoms with Gasteiger partial charge in [-0.2, -0.15) is 0 Å². The molecule has 0 amide bonds. The lowest BCUT2D eigenvalue weighted by molar-refractivity contribution is 1.20. The van der Waals surface area contributed by atoms with E-state index in [1.165, 1.54) is 0 Å². The van der Waals surface area contributed by atoms with Crippen molar-refractivity contribution in [3.05, 3.63) is 52.6 Å². The Morgan fingerprint density at radius 1 is 0.950 bits per heavy atom. The third kappa shape index (κ3) is 2.37. The smallest absolute Gasteiger partial charge is 0.162 e. The van der Waals surface area contributed by atoms with Gasteiger partial charge in [-0.15, -0.1) is 11.8 Å². The number of para-hydroxylation sites is 1. The van der Waals surface area contributed by atoms with Crippen molar-refractivity contribution in [3.63, 3.8) is 0 Å². The van der Waals surface area contributed by atoms with E-state index < -0.39 is 0 Å². The molecule has 0 aliphatic heterocycles. The summed E-state index contributed by atoms with van der Waals surface area (Å²) >= 11 is 14.1. The summed E-state index contributed by atoms with van der Waals surface area (Å²) in [4.78, 5) is 10.1. The molecule has 0 saturated heterocycles. The summed E-state index contributed by atoms with van der Waals surface area (Å²) in [6.45, 7) is 0. The zero-order valence-corrected chi connectivity index (χ0v) is 12.9. The van der Waals surface area contributed by atoms with Crippen LogP contribution in [0.15, 0.2) is 47.4 Å². The molecule has 3 rings (SSSR count). The molecule has 0 atom stereocenters. The van der Waals surface area contributed by atoms with Crippen LogP contribution < -0.4 is 0 Å². The summed E-state index contributed by atoms with van der Waals surface area (Å²) in [5.74, 6) is 0.598. The fourth-order valence-corrected chi connectivity index (χ4v) is 3.07. The maximum Gasteiger partial charge on any atom is 0.162 e. The van der Waals surface area contributed by atoms with Crippen LogP contribution in [-0.2, 0) is 0 Å². The number of aromatic nitrogens is 2. The zero-order valence-electron chi connectivity index (χ0n) is 10.6. The Morgan fingerprint density at radius 3 is 2.55 bits per heavy atom. The first-order valence-corrected chi connectivity index (χ1v) is 7.94. The fourth-order valence-electron chi connectivity index (χ4n) is 2.03. The van der Waals surface area contributed by atoms with Crippen molar-refractivity contribution < 1.29 is 0 Å². The van der Waals surface area contributed by atoms with Gasteiger partial charge >= 0.3 is 0 Å². The molecule has 0 saturated carbocycles. The van der Waals surface area contributed by atoms with Crippen molar-refractivity contribution in [2.45, 2.75) is 4.90 Å². The molecule has 0 fully saturated rings. The average Bonchev–Trinajstić information content (AvgIpc) is 2.48. The second-order valence-corrected chi connectivity index (χ2v) is 5.79. The van der Waals surface area contributed by atoms with Crippen molar-refractivity contribution in [3.8, 4) is 11.4 Å². The van der Waals surface area contributed by atoms with Gasteiger partial charge in [0.25, 0.3) is 0 Å². The van der Waals surface area contributed by atoms with Crippen LogP contribution in [0.1, 0.15) is 0 Å². The molecule has 20 heavy (non-hydrogen) atoms. The number of hydrogen-bond acceptors (Lipinski definition) is 3. The first-order chi connectivity index (χ1) is 9.70. The average molecular weight is 321 g/mol. The van der Waals surface area contributed by atoms with Gasteiger partial charge < -0.3 is 0 Å². The predicted octanol–water partition coefficient (Wildman–Crippen LogP) is 5.33. The van der Waals surface area contributed by atoms with Crippen LogP contribution in [0.4, 0.5) is 0 Å². The number of halogens is 2. The Kier molecular flexibility index (Phi) is 3.83. The van der Waals surface area contributed by atoms with Crippen LogP contribution in [0.5, 0.6) is 0 Å². The molecule has 100 valence electrons. The Labute approximate surface area is 131 Å². The minimum absolute atomic E-state index is 0.420. The fraction of sp³-hybridized carbons (Fsp3) is 0.0667. The van der Waals surface area contributed by atoms with Gasteiger partial charge in [-0.25, -0.2) is 9.97 Å². The standard InChI is InChI=1S/C15H10Cl2N2S/c1-20-12-8-3-2-5-9(12)15-18-13-10(14(17)19-15)6-4-7-11(13)16/h2-8H,1H3. The Bertz CT molecular complexity index is 790. The van der Waals surface area contributed by atoms with E-state index >= 15 is 0 Å². The maximum absolute atomic E-state index is 6.26. The molecule has 0 aliphatic rings. The van der Waals surface area contributed by atoms with Gasteiger partial charge in [0.15, 0.2) is 5.82 Å². The Balaban J connectivity index is 2.30. The molecule has 1 heterocycles. The number of nitrogens with zero attached hydrogens (tertiary/aromatic N) is 2. The largest absolute Gasteiger partial charge is 0.226 e. The van der Waals surface area contributed by atoms with E-state index in [9.17, 15) is 0 Å². The molecule has 5 heteroatoms. The lowest BCUT2D eigenvalue weighted by atomic mass is 10.2. The number of hydrogen-bond donors (Lipinski definition) is 0. The van der Waals surface area contributed by atoms with Gasteiger partial charge in [-0.1, -0.05) is 47.5 Å².